The normalized spacial score (nSPS) is 22.2. The monoisotopic (exact) mass is 237 g/mol. The van der Waals surface area contributed by atoms with Gasteiger partial charge in [0.2, 0.25) is 0 Å². The van der Waals surface area contributed by atoms with Crippen LogP contribution in [0, 0.1) is 12.8 Å². The van der Waals surface area contributed by atoms with Gasteiger partial charge < -0.3 is 5.32 Å². The van der Waals surface area contributed by atoms with Gasteiger partial charge in [0.1, 0.15) is 0 Å². The Hall–Kier alpha value is -0.580. The molecular weight excluding hydrogens is 218 g/mol. The van der Waals surface area contributed by atoms with Crippen molar-refractivity contribution in [3.8, 4) is 0 Å². The third-order valence-electron chi connectivity index (χ3n) is 3.07. The van der Waals surface area contributed by atoms with Gasteiger partial charge in [-0.15, -0.1) is 0 Å². The van der Waals surface area contributed by atoms with Crippen molar-refractivity contribution in [1.82, 2.24) is 15.0 Å². The Morgan fingerprint density at radius 1 is 1.56 bits per heavy atom. The molecule has 2 atom stereocenters. The molecule has 1 aliphatic heterocycles. The SMILES string of the molecule is CSNC(c1ccc(C)cn1)C1CCNC1. The van der Waals surface area contributed by atoms with E-state index in [4.69, 9.17) is 0 Å². The number of pyridine rings is 1. The molecule has 0 bridgehead atoms. The minimum atomic E-state index is 0.366. The number of nitrogens with one attached hydrogen (secondary N) is 2. The number of rotatable bonds is 4. The Balaban J connectivity index is 2.14. The van der Waals surface area contributed by atoms with E-state index in [2.05, 4.69) is 40.3 Å². The molecule has 0 amide bonds. The van der Waals surface area contributed by atoms with Crippen LogP contribution in [-0.4, -0.2) is 24.3 Å². The van der Waals surface area contributed by atoms with Gasteiger partial charge >= 0.3 is 0 Å². The third-order valence-corrected chi connectivity index (χ3v) is 3.56. The number of aryl methyl sites for hydroxylation is 1. The standard InChI is InChI=1S/C12H19N3S/c1-9-3-4-11(14-7-9)12(15-16-2)10-5-6-13-8-10/h3-4,7,10,12-13,15H,5-6,8H2,1-2H3. The molecule has 2 N–H and O–H groups in total. The van der Waals surface area contributed by atoms with E-state index in [-0.39, 0.29) is 0 Å². The molecule has 0 spiro atoms. The lowest BCUT2D eigenvalue weighted by atomic mass is 9.96. The zero-order chi connectivity index (χ0) is 11.4. The second-order valence-electron chi connectivity index (χ2n) is 4.31. The van der Waals surface area contributed by atoms with E-state index in [1.807, 2.05) is 6.20 Å². The van der Waals surface area contributed by atoms with Crippen LogP contribution in [0.2, 0.25) is 0 Å². The molecule has 88 valence electrons. The van der Waals surface area contributed by atoms with E-state index in [0.717, 1.165) is 18.8 Å². The van der Waals surface area contributed by atoms with Crippen LogP contribution >= 0.6 is 11.9 Å². The van der Waals surface area contributed by atoms with E-state index < -0.39 is 0 Å². The number of aromatic nitrogens is 1. The average molecular weight is 237 g/mol. The first-order valence-corrected chi connectivity index (χ1v) is 6.95. The van der Waals surface area contributed by atoms with Crippen molar-refractivity contribution in [2.24, 2.45) is 5.92 Å². The maximum atomic E-state index is 4.54. The summed E-state index contributed by atoms with van der Waals surface area (Å²) in [6.07, 6.45) is 5.25. The summed E-state index contributed by atoms with van der Waals surface area (Å²) in [4.78, 5) is 4.54. The largest absolute Gasteiger partial charge is 0.316 e. The van der Waals surface area contributed by atoms with Gasteiger partial charge in [0.15, 0.2) is 0 Å². The van der Waals surface area contributed by atoms with Gasteiger partial charge in [-0.3, -0.25) is 9.71 Å². The zero-order valence-electron chi connectivity index (χ0n) is 9.86. The molecule has 2 heterocycles. The number of nitrogens with zero attached hydrogens (tertiary/aromatic N) is 1. The lowest BCUT2D eigenvalue weighted by molar-refractivity contribution is 0.438. The van der Waals surface area contributed by atoms with Gasteiger partial charge in [0.25, 0.3) is 0 Å². The Morgan fingerprint density at radius 3 is 3.00 bits per heavy atom. The van der Waals surface area contributed by atoms with Gasteiger partial charge in [-0.05, 0) is 50.2 Å². The first-order chi connectivity index (χ1) is 7.81. The molecule has 1 aliphatic rings. The van der Waals surface area contributed by atoms with Crippen LogP contribution in [0.25, 0.3) is 0 Å². The summed E-state index contributed by atoms with van der Waals surface area (Å²) in [6.45, 7) is 4.29. The highest BCUT2D eigenvalue weighted by Crippen LogP contribution is 2.26. The minimum absolute atomic E-state index is 0.366. The quantitative estimate of drug-likeness (QED) is 0.784. The van der Waals surface area contributed by atoms with E-state index in [1.165, 1.54) is 12.0 Å². The highest BCUT2D eigenvalue weighted by atomic mass is 32.2. The first-order valence-electron chi connectivity index (χ1n) is 5.73. The van der Waals surface area contributed by atoms with Crippen LogP contribution in [0.5, 0.6) is 0 Å². The van der Waals surface area contributed by atoms with Crippen molar-refractivity contribution in [1.29, 1.82) is 0 Å². The highest BCUT2D eigenvalue weighted by Gasteiger charge is 2.26. The number of hydrogen-bond donors (Lipinski definition) is 2. The molecule has 4 heteroatoms. The molecule has 2 unspecified atom stereocenters. The van der Waals surface area contributed by atoms with E-state index in [1.54, 1.807) is 11.9 Å². The zero-order valence-corrected chi connectivity index (χ0v) is 10.7. The Kier molecular flexibility index (Phi) is 4.21. The molecule has 1 fully saturated rings. The van der Waals surface area contributed by atoms with Crippen molar-refractivity contribution in [2.75, 3.05) is 19.3 Å². The molecule has 0 aromatic carbocycles. The topological polar surface area (TPSA) is 37.0 Å². The summed E-state index contributed by atoms with van der Waals surface area (Å²) in [7, 11) is 0. The van der Waals surface area contributed by atoms with Crippen molar-refractivity contribution >= 4 is 11.9 Å². The van der Waals surface area contributed by atoms with Gasteiger partial charge in [-0.1, -0.05) is 18.0 Å². The Morgan fingerprint density at radius 2 is 2.44 bits per heavy atom. The smallest absolute Gasteiger partial charge is 0.0634 e. The molecule has 2 rings (SSSR count). The fraction of sp³-hybridized carbons (Fsp3) is 0.583. The van der Waals surface area contributed by atoms with Crippen molar-refractivity contribution in [3.63, 3.8) is 0 Å². The maximum Gasteiger partial charge on any atom is 0.0634 e. The van der Waals surface area contributed by atoms with Gasteiger partial charge in [0, 0.05) is 6.20 Å². The summed E-state index contributed by atoms with van der Waals surface area (Å²) in [5.74, 6) is 0.655. The van der Waals surface area contributed by atoms with Crippen LogP contribution in [0.1, 0.15) is 23.7 Å². The molecule has 1 saturated heterocycles. The lowest BCUT2D eigenvalue weighted by Gasteiger charge is -2.22. The second-order valence-corrected chi connectivity index (χ2v) is 4.96. The first kappa shape index (κ1) is 11.9. The highest BCUT2D eigenvalue weighted by molar-refractivity contribution is 7.96. The van der Waals surface area contributed by atoms with E-state index in [9.17, 15) is 0 Å². The fourth-order valence-corrected chi connectivity index (χ4v) is 2.72. The molecule has 16 heavy (non-hydrogen) atoms. The fourth-order valence-electron chi connectivity index (χ4n) is 2.15. The summed E-state index contributed by atoms with van der Waals surface area (Å²) >= 11 is 1.68. The summed E-state index contributed by atoms with van der Waals surface area (Å²) < 4.78 is 3.47. The number of hydrogen-bond acceptors (Lipinski definition) is 4. The third kappa shape index (κ3) is 2.75. The van der Waals surface area contributed by atoms with Crippen molar-refractivity contribution < 1.29 is 0 Å². The van der Waals surface area contributed by atoms with Crippen LogP contribution < -0.4 is 10.0 Å². The van der Waals surface area contributed by atoms with Gasteiger partial charge in [-0.25, -0.2) is 0 Å². The lowest BCUT2D eigenvalue weighted by Crippen LogP contribution is -2.26. The summed E-state index contributed by atoms with van der Waals surface area (Å²) in [6, 6.07) is 4.65. The van der Waals surface area contributed by atoms with E-state index in [0.29, 0.717) is 12.0 Å². The van der Waals surface area contributed by atoms with Crippen LogP contribution in [0.4, 0.5) is 0 Å². The molecule has 1 aromatic rings. The second kappa shape index (κ2) is 5.66. The van der Waals surface area contributed by atoms with Crippen LogP contribution in [0.15, 0.2) is 18.3 Å². The van der Waals surface area contributed by atoms with Crippen LogP contribution in [0.3, 0.4) is 0 Å². The predicted molar refractivity (Wildman–Crippen MR) is 69.3 cm³/mol. The molecule has 0 saturated carbocycles. The molecule has 1 aromatic heterocycles. The van der Waals surface area contributed by atoms with E-state index >= 15 is 0 Å². The minimum Gasteiger partial charge on any atom is -0.316 e. The summed E-state index contributed by atoms with van der Waals surface area (Å²) in [5, 5.41) is 3.42. The Bertz CT molecular complexity index is 320. The van der Waals surface area contributed by atoms with Crippen molar-refractivity contribution in [3.05, 3.63) is 29.6 Å². The van der Waals surface area contributed by atoms with Crippen LogP contribution in [-0.2, 0) is 0 Å². The molecular formula is C12H19N3S. The molecule has 0 aliphatic carbocycles. The molecule has 0 radical (unpaired) electrons. The molecule has 3 nitrogen and oxygen atoms in total. The van der Waals surface area contributed by atoms with Gasteiger partial charge in [0.05, 0.1) is 11.7 Å². The Labute approximate surface area is 102 Å². The predicted octanol–water partition coefficient (Wildman–Crippen LogP) is 1.91. The summed E-state index contributed by atoms with van der Waals surface area (Å²) in [5.41, 5.74) is 2.38. The van der Waals surface area contributed by atoms with Gasteiger partial charge in [-0.2, -0.15) is 0 Å². The average Bonchev–Trinajstić information content (AvgIpc) is 2.81. The van der Waals surface area contributed by atoms with Crippen molar-refractivity contribution in [2.45, 2.75) is 19.4 Å². The maximum absolute atomic E-state index is 4.54.